The summed E-state index contributed by atoms with van der Waals surface area (Å²) >= 11 is 0. The van der Waals surface area contributed by atoms with E-state index < -0.39 is 0 Å². The van der Waals surface area contributed by atoms with Crippen LogP contribution in [0.3, 0.4) is 0 Å². The summed E-state index contributed by atoms with van der Waals surface area (Å²) in [5.74, 6) is 0.266. The van der Waals surface area contributed by atoms with E-state index in [-0.39, 0.29) is 5.75 Å². The van der Waals surface area contributed by atoms with Crippen LogP contribution < -0.4 is 0 Å². The second-order valence-corrected chi connectivity index (χ2v) is 5.22. The van der Waals surface area contributed by atoms with E-state index in [2.05, 4.69) is 9.97 Å². The summed E-state index contributed by atoms with van der Waals surface area (Å²) in [5, 5.41) is 11.3. The molecule has 2 aromatic heterocycles. The summed E-state index contributed by atoms with van der Waals surface area (Å²) < 4.78 is 0. The minimum atomic E-state index is 0.266. The van der Waals surface area contributed by atoms with Gasteiger partial charge in [-0.2, -0.15) is 0 Å². The Morgan fingerprint density at radius 1 is 0.773 bits per heavy atom. The van der Waals surface area contributed by atoms with E-state index in [0.29, 0.717) is 5.69 Å². The van der Waals surface area contributed by atoms with Crippen molar-refractivity contribution in [3.05, 3.63) is 73.1 Å². The summed E-state index contributed by atoms with van der Waals surface area (Å²) in [6, 6.07) is 19.8. The predicted octanol–water partition coefficient (Wildman–Crippen LogP) is 4.60. The highest BCUT2D eigenvalue weighted by molar-refractivity contribution is 5.94. The molecule has 4 aromatic rings. The first-order valence-electron chi connectivity index (χ1n) is 7.13. The summed E-state index contributed by atoms with van der Waals surface area (Å²) in [6.07, 6.45) is 3.59. The highest BCUT2D eigenvalue weighted by Crippen LogP contribution is 2.36. The lowest BCUT2D eigenvalue weighted by Crippen LogP contribution is -1.84. The van der Waals surface area contributed by atoms with Gasteiger partial charge < -0.3 is 10.1 Å². The van der Waals surface area contributed by atoms with Crippen LogP contribution in [0.15, 0.2) is 73.1 Å². The average molecular weight is 286 g/mol. The lowest BCUT2D eigenvalue weighted by atomic mass is 10.0. The van der Waals surface area contributed by atoms with Crippen LogP contribution in [0.4, 0.5) is 0 Å². The van der Waals surface area contributed by atoms with E-state index in [1.807, 2.05) is 66.9 Å². The number of nitrogens with zero attached hydrogens (tertiary/aromatic N) is 1. The number of rotatable bonds is 2. The van der Waals surface area contributed by atoms with Gasteiger partial charge in [0.1, 0.15) is 5.75 Å². The number of hydrogen-bond donors (Lipinski definition) is 2. The normalized spacial score (nSPS) is 10.9. The van der Waals surface area contributed by atoms with Crippen molar-refractivity contribution in [1.29, 1.82) is 0 Å². The molecule has 0 aliphatic carbocycles. The minimum absolute atomic E-state index is 0.266. The van der Waals surface area contributed by atoms with Crippen molar-refractivity contribution < 1.29 is 5.11 Å². The maximum absolute atomic E-state index is 10.4. The second kappa shape index (κ2) is 5.04. The molecule has 3 heteroatoms. The Balaban J connectivity index is 1.87. The fourth-order valence-electron chi connectivity index (χ4n) is 2.70. The third-order valence-corrected chi connectivity index (χ3v) is 3.81. The molecular weight excluding hydrogens is 272 g/mol. The Bertz CT molecular complexity index is 942. The third-order valence-electron chi connectivity index (χ3n) is 3.81. The van der Waals surface area contributed by atoms with Crippen LogP contribution in [-0.4, -0.2) is 15.1 Å². The van der Waals surface area contributed by atoms with Gasteiger partial charge in [0.05, 0.1) is 5.69 Å². The molecule has 0 aliphatic rings. The van der Waals surface area contributed by atoms with Gasteiger partial charge in [-0.15, -0.1) is 0 Å². The number of aromatic nitrogens is 2. The Labute approximate surface area is 127 Å². The standard InChI is InChI=1S/C19H14N2O/c22-19-16-8-4-5-9-17(16)21-18(19)15-10-14(11-20-12-15)13-6-2-1-3-7-13/h1-12,21-22H. The number of para-hydroxylation sites is 1. The van der Waals surface area contributed by atoms with E-state index in [1.54, 1.807) is 6.20 Å². The van der Waals surface area contributed by atoms with E-state index in [4.69, 9.17) is 0 Å². The maximum Gasteiger partial charge on any atom is 0.149 e. The molecule has 0 fully saturated rings. The zero-order valence-corrected chi connectivity index (χ0v) is 11.8. The van der Waals surface area contributed by atoms with Crippen molar-refractivity contribution in [3.8, 4) is 28.1 Å². The van der Waals surface area contributed by atoms with Crippen LogP contribution in [0.5, 0.6) is 5.75 Å². The van der Waals surface area contributed by atoms with Crippen molar-refractivity contribution in [2.45, 2.75) is 0 Å². The van der Waals surface area contributed by atoms with Gasteiger partial charge in [0.2, 0.25) is 0 Å². The first-order chi connectivity index (χ1) is 10.8. The molecule has 106 valence electrons. The SMILES string of the molecule is Oc1c(-c2cncc(-c3ccccc3)c2)[nH]c2ccccc12. The molecule has 22 heavy (non-hydrogen) atoms. The number of hydrogen-bond acceptors (Lipinski definition) is 2. The van der Waals surface area contributed by atoms with Gasteiger partial charge in [-0.25, -0.2) is 0 Å². The van der Waals surface area contributed by atoms with Crippen LogP contribution in [0.2, 0.25) is 0 Å². The minimum Gasteiger partial charge on any atom is -0.505 e. The number of H-pyrrole nitrogens is 1. The van der Waals surface area contributed by atoms with Crippen molar-refractivity contribution in [1.82, 2.24) is 9.97 Å². The second-order valence-electron chi connectivity index (χ2n) is 5.22. The summed E-state index contributed by atoms with van der Waals surface area (Å²) in [5.41, 5.74) is 4.62. The lowest BCUT2D eigenvalue weighted by molar-refractivity contribution is 0.483. The lowest BCUT2D eigenvalue weighted by Gasteiger charge is -2.04. The number of fused-ring (bicyclic) bond motifs is 1. The molecule has 0 aliphatic heterocycles. The highest BCUT2D eigenvalue weighted by Gasteiger charge is 2.12. The van der Waals surface area contributed by atoms with Crippen molar-refractivity contribution in [3.63, 3.8) is 0 Å². The van der Waals surface area contributed by atoms with E-state index in [1.165, 1.54) is 0 Å². The van der Waals surface area contributed by atoms with Gasteiger partial charge in [-0.1, -0.05) is 42.5 Å². The molecule has 2 heterocycles. The molecule has 0 amide bonds. The van der Waals surface area contributed by atoms with Crippen LogP contribution in [-0.2, 0) is 0 Å². The number of benzene rings is 2. The molecule has 0 radical (unpaired) electrons. The Hall–Kier alpha value is -3.07. The molecule has 3 nitrogen and oxygen atoms in total. The summed E-state index contributed by atoms with van der Waals surface area (Å²) in [4.78, 5) is 7.59. The van der Waals surface area contributed by atoms with E-state index >= 15 is 0 Å². The first-order valence-corrected chi connectivity index (χ1v) is 7.13. The summed E-state index contributed by atoms with van der Waals surface area (Å²) in [6.45, 7) is 0. The quantitative estimate of drug-likeness (QED) is 0.565. The zero-order valence-electron chi connectivity index (χ0n) is 11.8. The van der Waals surface area contributed by atoms with Crippen molar-refractivity contribution >= 4 is 10.9 Å². The average Bonchev–Trinajstić information content (AvgIpc) is 2.93. The number of aromatic amines is 1. The largest absolute Gasteiger partial charge is 0.505 e. The van der Waals surface area contributed by atoms with Gasteiger partial charge in [-0.05, 0) is 23.8 Å². The monoisotopic (exact) mass is 286 g/mol. The Kier molecular flexibility index (Phi) is 2.90. The third kappa shape index (κ3) is 2.04. The van der Waals surface area contributed by atoms with Crippen LogP contribution in [0.1, 0.15) is 0 Å². The Morgan fingerprint density at radius 3 is 2.32 bits per heavy atom. The van der Waals surface area contributed by atoms with Gasteiger partial charge in [0, 0.05) is 34.4 Å². The van der Waals surface area contributed by atoms with Gasteiger partial charge in [-0.3, -0.25) is 4.98 Å². The predicted molar refractivity (Wildman–Crippen MR) is 88.6 cm³/mol. The van der Waals surface area contributed by atoms with Crippen LogP contribution in [0.25, 0.3) is 33.3 Å². The molecule has 0 atom stereocenters. The molecule has 0 spiro atoms. The molecular formula is C19H14N2O. The van der Waals surface area contributed by atoms with E-state index in [0.717, 1.165) is 27.6 Å². The Morgan fingerprint density at radius 2 is 1.50 bits per heavy atom. The molecule has 0 bridgehead atoms. The number of aromatic hydroxyl groups is 1. The maximum atomic E-state index is 10.4. The molecule has 0 saturated heterocycles. The number of pyridine rings is 1. The van der Waals surface area contributed by atoms with Crippen LogP contribution in [0, 0.1) is 0 Å². The smallest absolute Gasteiger partial charge is 0.149 e. The topological polar surface area (TPSA) is 48.9 Å². The highest BCUT2D eigenvalue weighted by atomic mass is 16.3. The summed E-state index contributed by atoms with van der Waals surface area (Å²) in [7, 11) is 0. The zero-order chi connectivity index (χ0) is 14.9. The fraction of sp³-hybridized carbons (Fsp3) is 0. The molecule has 0 saturated carbocycles. The van der Waals surface area contributed by atoms with Crippen molar-refractivity contribution in [2.75, 3.05) is 0 Å². The fourth-order valence-corrected chi connectivity index (χ4v) is 2.70. The molecule has 0 unspecified atom stereocenters. The van der Waals surface area contributed by atoms with Crippen molar-refractivity contribution in [2.24, 2.45) is 0 Å². The van der Waals surface area contributed by atoms with Crippen LogP contribution >= 0.6 is 0 Å². The van der Waals surface area contributed by atoms with Gasteiger partial charge in [0.25, 0.3) is 0 Å². The first kappa shape index (κ1) is 12.7. The number of nitrogens with one attached hydrogen (secondary N) is 1. The molecule has 4 rings (SSSR count). The van der Waals surface area contributed by atoms with Gasteiger partial charge >= 0.3 is 0 Å². The van der Waals surface area contributed by atoms with E-state index in [9.17, 15) is 5.11 Å². The molecule has 2 N–H and O–H groups in total. The molecule has 2 aromatic carbocycles. The van der Waals surface area contributed by atoms with Gasteiger partial charge in [0.15, 0.2) is 0 Å².